The number of hydrogen-bond donors (Lipinski definition) is 1. The minimum atomic E-state index is 0.771. The van der Waals surface area contributed by atoms with E-state index in [9.17, 15) is 0 Å². The first-order valence-corrected chi connectivity index (χ1v) is 6.74. The van der Waals surface area contributed by atoms with Gasteiger partial charge in [0.1, 0.15) is 0 Å². The standard InChI is InChI=1S/C13H26N2/c1-3-11-6-4-5-7-13(11)14-12-8-9-15(2)10-12/h11-14H,3-10H2,1-2H3. The second-order valence-electron chi connectivity index (χ2n) is 5.47. The van der Waals surface area contributed by atoms with Gasteiger partial charge in [0.2, 0.25) is 0 Å². The molecule has 0 bridgehead atoms. The second-order valence-corrected chi connectivity index (χ2v) is 5.47. The molecular weight excluding hydrogens is 184 g/mol. The smallest absolute Gasteiger partial charge is 0.0209 e. The summed E-state index contributed by atoms with van der Waals surface area (Å²) in [6.45, 7) is 4.89. The highest BCUT2D eigenvalue weighted by Gasteiger charge is 2.28. The molecule has 1 aliphatic heterocycles. The van der Waals surface area contributed by atoms with E-state index in [0.717, 1.165) is 18.0 Å². The zero-order valence-electron chi connectivity index (χ0n) is 10.3. The Hall–Kier alpha value is -0.0800. The van der Waals surface area contributed by atoms with Crippen molar-refractivity contribution in [2.45, 2.75) is 57.5 Å². The van der Waals surface area contributed by atoms with Crippen LogP contribution in [0.15, 0.2) is 0 Å². The van der Waals surface area contributed by atoms with Gasteiger partial charge in [0.15, 0.2) is 0 Å². The van der Waals surface area contributed by atoms with Crippen LogP contribution in [0, 0.1) is 5.92 Å². The van der Waals surface area contributed by atoms with E-state index in [-0.39, 0.29) is 0 Å². The van der Waals surface area contributed by atoms with Crippen LogP contribution in [0.3, 0.4) is 0 Å². The highest BCUT2D eigenvalue weighted by atomic mass is 15.2. The van der Waals surface area contributed by atoms with Crippen molar-refractivity contribution in [2.75, 3.05) is 20.1 Å². The van der Waals surface area contributed by atoms with Crippen LogP contribution in [0.4, 0.5) is 0 Å². The van der Waals surface area contributed by atoms with Crippen LogP contribution in [0.25, 0.3) is 0 Å². The maximum Gasteiger partial charge on any atom is 0.0209 e. The molecule has 2 fully saturated rings. The first-order chi connectivity index (χ1) is 7.29. The Bertz CT molecular complexity index is 193. The van der Waals surface area contributed by atoms with Gasteiger partial charge in [0.05, 0.1) is 0 Å². The van der Waals surface area contributed by atoms with Crippen LogP contribution in [-0.2, 0) is 0 Å². The van der Waals surface area contributed by atoms with Crippen LogP contribution in [-0.4, -0.2) is 37.1 Å². The molecule has 0 amide bonds. The van der Waals surface area contributed by atoms with Gasteiger partial charge in [-0.1, -0.05) is 26.2 Å². The third-order valence-corrected chi connectivity index (χ3v) is 4.27. The molecule has 0 aromatic heterocycles. The topological polar surface area (TPSA) is 15.3 Å². The van der Waals surface area contributed by atoms with Crippen molar-refractivity contribution in [3.8, 4) is 0 Å². The van der Waals surface area contributed by atoms with Crippen molar-refractivity contribution >= 4 is 0 Å². The van der Waals surface area contributed by atoms with E-state index < -0.39 is 0 Å². The number of nitrogens with one attached hydrogen (secondary N) is 1. The fourth-order valence-corrected chi connectivity index (χ4v) is 3.29. The summed E-state index contributed by atoms with van der Waals surface area (Å²) in [5, 5.41) is 3.91. The molecule has 2 aliphatic rings. The SMILES string of the molecule is CCC1CCCCC1NC1CCN(C)C1. The lowest BCUT2D eigenvalue weighted by Gasteiger charge is -2.33. The normalized spacial score (nSPS) is 38.4. The molecular formula is C13H26N2. The van der Waals surface area contributed by atoms with E-state index in [1.807, 2.05) is 0 Å². The zero-order chi connectivity index (χ0) is 10.7. The van der Waals surface area contributed by atoms with Crippen LogP contribution in [0.2, 0.25) is 0 Å². The molecule has 0 spiro atoms. The molecule has 15 heavy (non-hydrogen) atoms. The molecule has 1 saturated carbocycles. The van der Waals surface area contributed by atoms with Gasteiger partial charge >= 0.3 is 0 Å². The Morgan fingerprint density at radius 1 is 1.20 bits per heavy atom. The summed E-state index contributed by atoms with van der Waals surface area (Å²) in [5.41, 5.74) is 0. The first kappa shape index (κ1) is 11.4. The second kappa shape index (κ2) is 5.31. The van der Waals surface area contributed by atoms with Gasteiger partial charge in [-0.25, -0.2) is 0 Å². The highest BCUT2D eigenvalue weighted by Crippen LogP contribution is 2.27. The van der Waals surface area contributed by atoms with Crippen LogP contribution >= 0.6 is 0 Å². The quantitative estimate of drug-likeness (QED) is 0.768. The van der Waals surface area contributed by atoms with Gasteiger partial charge in [-0.15, -0.1) is 0 Å². The minimum absolute atomic E-state index is 0.771. The number of rotatable bonds is 3. The summed E-state index contributed by atoms with van der Waals surface area (Å²) in [4.78, 5) is 2.45. The summed E-state index contributed by atoms with van der Waals surface area (Å²) in [6, 6.07) is 1.59. The van der Waals surface area contributed by atoms with Crippen molar-refractivity contribution in [1.29, 1.82) is 0 Å². The average molecular weight is 210 g/mol. The Morgan fingerprint density at radius 2 is 2.00 bits per heavy atom. The number of nitrogens with zero attached hydrogens (tertiary/aromatic N) is 1. The Balaban J connectivity index is 1.81. The van der Waals surface area contributed by atoms with E-state index in [4.69, 9.17) is 0 Å². The Morgan fingerprint density at radius 3 is 2.67 bits per heavy atom. The van der Waals surface area contributed by atoms with Crippen molar-refractivity contribution in [3.63, 3.8) is 0 Å². The van der Waals surface area contributed by atoms with E-state index in [0.29, 0.717) is 0 Å². The van der Waals surface area contributed by atoms with E-state index in [1.165, 1.54) is 51.6 Å². The van der Waals surface area contributed by atoms with Gasteiger partial charge < -0.3 is 10.2 Å². The van der Waals surface area contributed by atoms with Gasteiger partial charge in [-0.05, 0) is 38.8 Å². The van der Waals surface area contributed by atoms with Crippen LogP contribution in [0.5, 0.6) is 0 Å². The highest BCUT2D eigenvalue weighted by molar-refractivity contribution is 4.87. The third kappa shape index (κ3) is 2.94. The largest absolute Gasteiger partial charge is 0.310 e. The molecule has 2 nitrogen and oxygen atoms in total. The van der Waals surface area contributed by atoms with Crippen molar-refractivity contribution < 1.29 is 0 Å². The molecule has 1 aliphatic carbocycles. The van der Waals surface area contributed by atoms with Crippen LogP contribution in [0.1, 0.15) is 45.4 Å². The summed E-state index contributed by atoms with van der Waals surface area (Å²) in [5.74, 6) is 0.949. The monoisotopic (exact) mass is 210 g/mol. The molecule has 88 valence electrons. The zero-order valence-corrected chi connectivity index (χ0v) is 10.3. The first-order valence-electron chi connectivity index (χ1n) is 6.74. The van der Waals surface area contributed by atoms with Gasteiger partial charge in [-0.2, -0.15) is 0 Å². The fourth-order valence-electron chi connectivity index (χ4n) is 3.29. The Labute approximate surface area is 94.4 Å². The molecule has 3 unspecified atom stereocenters. The number of likely N-dealkylation sites (N-methyl/N-ethyl adjacent to an activating group) is 1. The maximum absolute atomic E-state index is 3.91. The van der Waals surface area contributed by atoms with Crippen molar-refractivity contribution in [1.82, 2.24) is 10.2 Å². The van der Waals surface area contributed by atoms with Crippen LogP contribution < -0.4 is 5.32 Å². The lowest BCUT2D eigenvalue weighted by molar-refractivity contribution is 0.236. The molecule has 0 radical (unpaired) electrons. The molecule has 1 heterocycles. The van der Waals surface area contributed by atoms with Gasteiger partial charge in [0, 0.05) is 18.6 Å². The fraction of sp³-hybridized carbons (Fsp3) is 1.00. The van der Waals surface area contributed by atoms with Gasteiger partial charge in [0.25, 0.3) is 0 Å². The van der Waals surface area contributed by atoms with E-state index >= 15 is 0 Å². The number of hydrogen-bond acceptors (Lipinski definition) is 2. The molecule has 1 N–H and O–H groups in total. The average Bonchev–Trinajstić information content (AvgIpc) is 2.65. The lowest BCUT2D eigenvalue weighted by atomic mass is 9.82. The van der Waals surface area contributed by atoms with Crippen molar-refractivity contribution in [3.05, 3.63) is 0 Å². The molecule has 1 saturated heterocycles. The Kier molecular flexibility index (Phi) is 4.04. The third-order valence-electron chi connectivity index (χ3n) is 4.27. The van der Waals surface area contributed by atoms with E-state index in [2.05, 4.69) is 24.2 Å². The number of likely N-dealkylation sites (tertiary alicyclic amines) is 1. The van der Waals surface area contributed by atoms with Crippen molar-refractivity contribution in [2.24, 2.45) is 5.92 Å². The lowest BCUT2D eigenvalue weighted by Crippen LogP contribution is -2.45. The summed E-state index contributed by atoms with van der Waals surface area (Å²) in [7, 11) is 2.24. The minimum Gasteiger partial charge on any atom is -0.310 e. The summed E-state index contributed by atoms with van der Waals surface area (Å²) < 4.78 is 0. The summed E-state index contributed by atoms with van der Waals surface area (Å²) in [6.07, 6.45) is 8.48. The predicted molar refractivity (Wildman–Crippen MR) is 65.1 cm³/mol. The molecule has 0 aromatic rings. The molecule has 0 aromatic carbocycles. The molecule has 2 heteroatoms. The predicted octanol–water partition coefficient (Wildman–Crippen LogP) is 2.25. The maximum atomic E-state index is 3.91. The van der Waals surface area contributed by atoms with Gasteiger partial charge in [-0.3, -0.25) is 0 Å². The molecule has 2 rings (SSSR count). The molecule has 3 atom stereocenters. The van der Waals surface area contributed by atoms with E-state index in [1.54, 1.807) is 0 Å². The summed E-state index contributed by atoms with van der Waals surface area (Å²) >= 11 is 0.